The SMILES string of the molecule is O=C(Nc1nc(C=CC2CN(c3ccccc3)CCO2)cs1)c1cccn1Cc1ccncc1. The van der Waals surface area contributed by atoms with Crippen LogP contribution in [0.4, 0.5) is 10.8 Å². The van der Waals surface area contributed by atoms with Gasteiger partial charge in [-0.05, 0) is 48.0 Å². The molecule has 1 amide bonds. The van der Waals surface area contributed by atoms with Gasteiger partial charge < -0.3 is 14.2 Å². The van der Waals surface area contributed by atoms with Crippen LogP contribution in [-0.4, -0.2) is 46.2 Å². The lowest BCUT2D eigenvalue weighted by atomic mass is 10.2. The van der Waals surface area contributed by atoms with Gasteiger partial charge in [0.15, 0.2) is 5.13 Å². The summed E-state index contributed by atoms with van der Waals surface area (Å²) in [7, 11) is 0. The molecule has 3 aromatic heterocycles. The highest BCUT2D eigenvalue weighted by Gasteiger charge is 2.19. The third kappa shape index (κ3) is 5.41. The molecule has 4 aromatic rings. The van der Waals surface area contributed by atoms with E-state index in [1.54, 1.807) is 12.4 Å². The van der Waals surface area contributed by atoms with E-state index in [1.807, 2.05) is 58.6 Å². The van der Waals surface area contributed by atoms with Gasteiger partial charge in [0.25, 0.3) is 5.91 Å². The zero-order valence-electron chi connectivity index (χ0n) is 18.6. The number of carbonyl (C=O) groups is 1. The quantitative estimate of drug-likeness (QED) is 0.428. The molecule has 0 spiro atoms. The molecule has 172 valence electrons. The average Bonchev–Trinajstić information content (AvgIpc) is 3.53. The number of anilines is 2. The fraction of sp³-hybridized carbons (Fsp3) is 0.192. The van der Waals surface area contributed by atoms with Crippen LogP contribution in [0.25, 0.3) is 6.08 Å². The average molecular weight is 472 g/mol. The van der Waals surface area contributed by atoms with Crippen LogP contribution in [-0.2, 0) is 11.3 Å². The van der Waals surface area contributed by atoms with Crippen molar-refractivity contribution in [1.82, 2.24) is 14.5 Å². The number of amides is 1. The molecule has 1 aliphatic rings. The molecule has 0 radical (unpaired) electrons. The first kappa shape index (κ1) is 22.1. The Labute approximate surface area is 202 Å². The number of rotatable bonds is 7. The molecule has 1 unspecified atom stereocenters. The van der Waals surface area contributed by atoms with E-state index in [2.05, 4.69) is 44.5 Å². The first-order valence-electron chi connectivity index (χ1n) is 11.2. The van der Waals surface area contributed by atoms with Gasteiger partial charge in [-0.2, -0.15) is 0 Å². The molecule has 7 nitrogen and oxygen atoms in total. The number of hydrogen-bond donors (Lipinski definition) is 1. The molecule has 0 saturated carbocycles. The molecule has 1 N–H and O–H groups in total. The maximum absolute atomic E-state index is 12.9. The number of hydrogen-bond acceptors (Lipinski definition) is 6. The third-order valence-electron chi connectivity index (χ3n) is 5.60. The predicted molar refractivity (Wildman–Crippen MR) is 135 cm³/mol. The standard InChI is InChI=1S/C26H25N5O2S/c32-25(24-7-4-14-31(24)17-20-10-12-27-13-11-20)29-26-28-21(19-34-26)8-9-23-18-30(15-16-33-23)22-5-2-1-3-6-22/h1-14,19,23H,15-18H2,(H,28,29,32). The summed E-state index contributed by atoms with van der Waals surface area (Å²) >= 11 is 1.41. The van der Waals surface area contributed by atoms with Crippen molar-refractivity contribution in [2.24, 2.45) is 0 Å². The van der Waals surface area contributed by atoms with Gasteiger partial charge in [-0.25, -0.2) is 4.98 Å². The van der Waals surface area contributed by atoms with Crippen LogP contribution >= 0.6 is 11.3 Å². The van der Waals surface area contributed by atoms with Gasteiger partial charge in [0, 0.05) is 49.3 Å². The minimum Gasteiger partial charge on any atom is -0.370 e. The van der Waals surface area contributed by atoms with Crippen LogP contribution in [0.1, 0.15) is 21.7 Å². The molecule has 1 aliphatic heterocycles. The molecular formula is C26H25N5O2S. The number of ether oxygens (including phenoxy) is 1. The Morgan fingerprint density at radius 2 is 2.00 bits per heavy atom. The molecule has 1 saturated heterocycles. The van der Waals surface area contributed by atoms with Gasteiger partial charge in [-0.3, -0.25) is 15.1 Å². The summed E-state index contributed by atoms with van der Waals surface area (Å²) in [5.41, 5.74) is 3.67. The molecule has 1 atom stereocenters. The number of morpholine rings is 1. The number of pyridine rings is 1. The number of nitrogens with zero attached hydrogens (tertiary/aromatic N) is 4. The van der Waals surface area contributed by atoms with Gasteiger partial charge >= 0.3 is 0 Å². The van der Waals surface area contributed by atoms with E-state index >= 15 is 0 Å². The van der Waals surface area contributed by atoms with Crippen LogP contribution < -0.4 is 10.2 Å². The Bertz CT molecular complexity index is 1250. The summed E-state index contributed by atoms with van der Waals surface area (Å²) in [4.78, 5) is 23.8. The monoisotopic (exact) mass is 471 g/mol. The molecule has 8 heteroatoms. The van der Waals surface area contributed by atoms with Gasteiger partial charge in [0.2, 0.25) is 0 Å². The number of para-hydroxylation sites is 1. The van der Waals surface area contributed by atoms with Crippen LogP contribution in [0.3, 0.4) is 0 Å². The maximum Gasteiger partial charge on any atom is 0.274 e. The van der Waals surface area contributed by atoms with Crippen molar-refractivity contribution in [3.63, 3.8) is 0 Å². The number of thiazole rings is 1. The molecule has 1 aromatic carbocycles. The highest BCUT2D eigenvalue weighted by molar-refractivity contribution is 7.14. The second-order valence-electron chi connectivity index (χ2n) is 7.96. The van der Waals surface area contributed by atoms with E-state index in [9.17, 15) is 4.79 Å². The summed E-state index contributed by atoms with van der Waals surface area (Å²) in [5.74, 6) is -0.182. The number of benzene rings is 1. The molecule has 1 fully saturated rings. The highest BCUT2D eigenvalue weighted by Crippen LogP contribution is 2.21. The van der Waals surface area contributed by atoms with Crippen molar-refractivity contribution in [2.75, 3.05) is 29.9 Å². The fourth-order valence-electron chi connectivity index (χ4n) is 3.90. The summed E-state index contributed by atoms with van der Waals surface area (Å²) in [6.07, 6.45) is 9.38. The summed E-state index contributed by atoms with van der Waals surface area (Å²) in [5, 5.41) is 5.42. The fourth-order valence-corrected chi connectivity index (χ4v) is 4.57. The normalized spacial score (nSPS) is 16.1. The van der Waals surface area contributed by atoms with E-state index in [-0.39, 0.29) is 12.0 Å². The Balaban J connectivity index is 1.19. The van der Waals surface area contributed by atoms with Crippen LogP contribution in [0.15, 0.2) is 84.6 Å². The predicted octanol–water partition coefficient (Wildman–Crippen LogP) is 4.56. The molecular weight excluding hydrogens is 446 g/mol. The van der Waals surface area contributed by atoms with Gasteiger partial charge in [-0.15, -0.1) is 11.3 Å². The first-order valence-corrected chi connectivity index (χ1v) is 12.0. The minimum atomic E-state index is -0.182. The smallest absolute Gasteiger partial charge is 0.274 e. The van der Waals surface area contributed by atoms with E-state index in [0.717, 1.165) is 24.3 Å². The van der Waals surface area contributed by atoms with Gasteiger partial charge in [0.05, 0.1) is 18.4 Å². The third-order valence-corrected chi connectivity index (χ3v) is 6.38. The lowest BCUT2D eigenvalue weighted by molar-refractivity contribution is 0.0722. The van der Waals surface area contributed by atoms with E-state index < -0.39 is 0 Å². The largest absolute Gasteiger partial charge is 0.370 e. The second-order valence-corrected chi connectivity index (χ2v) is 8.82. The summed E-state index contributed by atoms with van der Waals surface area (Å²) in [6.45, 7) is 2.96. The van der Waals surface area contributed by atoms with Gasteiger partial charge in [0.1, 0.15) is 5.69 Å². The molecule has 5 rings (SSSR count). The highest BCUT2D eigenvalue weighted by atomic mass is 32.1. The molecule has 34 heavy (non-hydrogen) atoms. The van der Waals surface area contributed by atoms with Crippen molar-refractivity contribution in [2.45, 2.75) is 12.6 Å². The Kier molecular flexibility index (Phi) is 6.78. The summed E-state index contributed by atoms with van der Waals surface area (Å²) < 4.78 is 7.82. The van der Waals surface area contributed by atoms with Crippen molar-refractivity contribution in [3.8, 4) is 0 Å². The lowest BCUT2D eigenvalue weighted by Crippen LogP contribution is -2.41. The van der Waals surface area contributed by atoms with E-state index in [1.165, 1.54) is 17.0 Å². The van der Waals surface area contributed by atoms with Crippen molar-refractivity contribution in [3.05, 3.63) is 102 Å². The first-order chi connectivity index (χ1) is 16.7. The maximum atomic E-state index is 12.9. The number of nitrogens with one attached hydrogen (secondary N) is 1. The van der Waals surface area contributed by atoms with Crippen molar-refractivity contribution in [1.29, 1.82) is 0 Å². The molecule has 4 heterocycles. The Morgan fingerprint density at radius 1 is 1.15 bits per heavy atom. The number of aromatic nitrogens is 3. The zero-order chi connectivity index (χ0) is 23.2. The van der Waals surface area contributed by atoms with E-state index in [0.29, 0.717) is 24.0 Å². The topological polar surface area (TPSA) is 72.3 Å². The zero-order valence-corrected chi connectivity index (χ0v) is 19.4. The van der Waals surface area contributed by atoms with Crippen LogP contribution in [0, 0.1) is 0 Å². The van der Waals surface area contributed by atoms with Crippen molar-refractivity contribution < 1.29 is 9.53 Å². The Hall–Kier alpha value is -3.75. The molecule has 0 aliphatic carbocycles. The van der Waals surface area contributed by atoms with Crippen LogP contribution in [0.2, 0.25) is 0 Å². The second kappa shape index (κ2) is 10.5. The van der Waals surface area contributed by atoms with Gasteiger partial charge in [-0.1, -0.05) is 24.3 Å². The van der Waals surface area contributed by atoms with Crippen LogP contribution in [0.5, 0.6) is 0 Å². The lowest BCUT2D eigenvalue weighted by Gasteiger charge is -2.33. The summed E-state index contributed by atoms with van der Waals surface area (Å²) in [6, 6.07) is 17.9. The minimum absolute atomic E-state index is 0.00911. The van der Waals surface area contributed by atoms with Crippen molar-refractivity contribution >= 4 is 34.1 Å². The Morgan fingerprint density at radius 3 is 2.85 bits per heavy atom. The number of carbonyl (C=O) groups excluding carboxylic acids is 1. The molecule has 0 bridgehead atoms. The van der Waals surface area contributed by atoms with E-state index in [4.69, 9.17) is 4.74 Å².